The van der Waals surface area contributed by atoms with Crippen molar-refractivity contribution in [2.45, 2.75) is 57.7 Å². The van der Waals surface area contributed by atoms with Crippen LogP contribution in [0.5, 0.6) is 0 Å². The van der Waals surface area contributed by atoms with Gasteiger partial charge < -0.3 is 20.5 Å². The smallest absolute Gasteiger partial charge is 0.326 e. The summed E-state index contributed by atoms with van der Waals surface area (Å²) in [7, 11) is 1.66. The summed E-state index contributed by atoms with van der Waals surface area (Å²) in [6.45, 7) is 3.85. The van der Waals surface area contributed by atoms with Crippen LogP contribution in [0.3, 0.4) is 0 Å². The first kappa shape index (κ1) is 15.8. The lowest BCUT2D eigenvalue weighted by Gasteiger charge is -2.19. The zero-order chi connectivity index (χ0) is 14.4. The van der Waals surface area contributed by atoms with Gasteiger partial charge in [0, 0.05) is 13.2 Å². The van der Waals surface area contributed by atoms with Crippen molar-refractivity contribution in [2.75, 3.05) is 7.11 Å². The average molecular weight is 272 g/mol. The molecule has 0 aromatic heterocycles. The van der Waals surface area contributed by atoms with Crippen molar-refractivity contribution in [3.8, 4) is 0 Å². The van der Waals surface area contributed by atoms with Crippen LogP contribution >= 0.6 is 0 Å². The zero-order valence-corrected chi connectivity index (χ0v) is 11.8. The second kappa shape index (κ2) is 7.33. The summed E-state index contributed by atoms with van der Waals surface area (Å²) in [5.41, 5.74) is 0. The predicted octanol–water partition coefficient (Wildman–Crippen LogP) is 1.35. The Labute approximate surface area is 113 Å². The highest BCUT2D eigenvalue weighted by Gasteiger charge is 2.27. The Balaban J connectivity index is 2.38. The fourth-order valence-electron chi connectivity index (χ4n) is 2.36. The molecule has 0 aromatic rings. The van der Waals surface area contributed by atoms with Gasteiger partial charge in [-0.05, 0) is 31.6 Å². The summed E-state index contributed by atoms with van der Waals surface area (Å²) in [6, 6.07) is -1.17. The summed E-state index contributed by atoms with van der Waals surface area (Å²) >= 11 is 0. The van der Waals surface area contributed by atoms with Crippen LogP contribution in [0.4, 0.5) is 4.79 Å². The van der Waals surface area contributed by atoms with Gasteiger partial charge in [0.05, 0.1) is 6.10 Å². The molecule has 1 fully saturated rings. The normalized spacial score (nSPS) is 24.2. The Hall–Kier alpha value is -1.30. The lowest BCUT2D eigenvalue weighted by Crippen LogP contribution is -2.49. The first-order valence-electron chi connectivity index (χ1n) is 6.75. The van der Waals surface area contributed by atoms with E-state index in [2.05, 4.69) is 10.6 Å². The molecule has 2 unspecified atom stereocenters. The first-order valence-corrected chi connectivity index (χ1v) is 6.75. The van der Waals surface area contributed by atoms with E-state index in [0.29, 0.717) is 6.42 Å². The van der Waals surface area contributed by atoms with E-state index in [9.17, 15) is 9.59 Å². The maximum absolute atomic E-state index is 11.8. The second-order valence-corrected chi connectivity index (χ2v) is 5.51. The summed E-state index contributed by atoms with van der Waals surface area (Å²) in [5, 5.41) is 14.4. The fourth-order valence-corrected chi connectivity index (χ4v) is 2.36. The van der Waals surface area contributed by atoms with E-state index in [1.807, 2.05) is 13.8 Å². The van der Waals surface area contributed by atoms with Crippen LogP contribution in [0, 0.1) is 5.92 Å². The van der Waals surface area contributed by atoms with Crippen LogP contribution in [-0.2, 0) is 9.53 Å². The summed E-state index contributed by atoms with van der Waals surface area (Å²) in [5.74, 6) is -0.782. The molecule has 2 amide bonds. The Kier molecular flexibility index (Phi) is 6.08. The molecule has 19 heavy (non-hydrogen) atoms. The molecule has 1 aliphatic carbocycles. The lowest BCUT2D eigenvalue weighted by atomic mass is 10.0. The topological polar surface area (TPSA) is 87.7 Å². The van der Waals surface area contributed by atoms with Gasteiger partial charge in [-0.3, -0.25) is 0 Å². The summed E-state index contributed by atoms with van der Waals surface area (Å²) < 4.78 is 5.23. The molecule has 0 aromatic carbocycles. The molecule has 1 saturated carbocycles. The van der Waals surface area contributed by atoms with Crippen molar-refractivity contribution >= 4 is 12.0 Å². The largest absolute Gasteiger partial charge is 0.480 e. The standard InChI is InChI=1S/C13H24N2O4/c1-8(2)6-11(12(16)17)15-13(18)14-9-4-5-10(7-9)19-3/h8-11H,4-7H2,1-3H3,(H,16,17)(H2,14,15,18)/t9?,10?,11-/m1/s1. The number of nitrogens with one attached hydrogen (secondary N) is 2. The highest BCUT2D eigenvalue weighted by atomic mass is 16.5. The average Bonchev–Trinajstić information content (AvgIpc) is 2.75. The third kappa shape index (κ3) is 5.46. The van der Waals surface area contributed by atoms with Crippen LogP contribution in [-0.4, -0.2) is 42.4 Å². The van der Waals surface area contributed by atoms with Crippen molar-refractivity contribution in [3.63, 3.8) is 0 Å². The number of carbonyl (C=O) groups excluding carboxylic acids is 1. The number of carbonyl (C=O) groups is 2. The van der Waals surface area contributed by atoms with E-state index in [-0.39, 0.29) is 18.1 Å². The van der Waals surface area contributed by atoms with E-state index in [1.54, 1.807) is 7.11 Å². The van der Waals surface area contributed by atoms with Gasteiger partial charge in [-0.15, -0.1) is 0 Å². The minimum absolute atomic E-state index is 0.0680. The molecule has 1 aliphatic rings. The van der Waals surface area contributed by atoms with Crippen molar-refractivity contribution in [3.05, 3.63) is 0 Å². The molecule has 3 N–H and O–H groups in total. The van der Waals surface area contributed by atoms with Crippen LogP contribution in [0.25, 0.3) is 0 Å². The summed E-state index contributed by atoms with van der Waals surface area (Å²) in [4.78, 5) is 22.8. The first-order chi connectivity index (χ1) is 8.92. The third-order valence-corrected chi connectivity index (χ3v) is 3.36. The maximum Gasteiger partial charge on any atom is 0.326 e. The highest BCUT2D eigenvalue weighted by molar-refractivity contribution is 5.82. The maximum atomic E-state index is 11.8. The van der Waals surface area contributed by atoms with Gasteiger partial charge in [-0.2, -0.15) is 0 Å². The molecule has 3 atom stereocenters. The van der Waals surface area contributed by atoms with E-state index < -0.39 is 18.0 Å². The molecule has 0 heterocycles. The SMILES string of the molecule is COC1CCC(NC(=O)N[C@H](CC(C)C)C(=O)O)C1. The molecule has 6 heteroatoms. The number of hydrogen-bond acceptors (Lipinski definition) is 3. The van der Waals surface area contributed by atoms with Gasteiger partial charge >= 0.3 is 12.0 Å². The van der Waals surface area contributed by atoms with E-state index >= 15 is 0 Å². The molecule has 0 aliphatic heterocycles. The monoisotopic (exact) mass is 272 g/mol. The molecule has 110 valence electrons. The van der Waals surface area contributed by atoms with Crippen molar-refractivity contribution in [1.29, 1.82) is 0 Å². The van der Waals surface area contributed by atoms with Gasteiger partial charge in [0.2, 0.25) is 0 Å². The number of hydrogen-bond donors (Lipinski definition) is 3. The molecule has 6 nitrogen and oxygen atoms in total. The minimum Gasteiger partial charge on any atom is -0.480 e. The number of ether oxygens (including phenoxy) is 1. The molecular weight excluding hydrogens is 248 g/mol. The van der Waals surface area contributed by atoms with Crippen molar-refractivity contribution < 1.29 is 19.4 Å². The van der Waals surface area contributed by atoms with Crippen LogP contribution in [0.15, 0.2) is 0 Å². The number of aliphatic carboxylic acids is 1. The number of rotatable bonds is 6. The van der Waals surface area contributed by atoms with Crippen LogP contribution < -0.4 is 10.6 Å². The molecule has 0 radical (unpaired) electrons. The van der Waals surface area contributed by atoms with Crippen molar-refractivity contribution in [2.24, 2.45) is 5.92 Å². The van der Waals surface area contributed by atoms with E-state index in [4.69, 9.17) is 9.84 Å². The van der Waals surface area contributed by atoms with Crippen LogP contribution in [0.2, 0.25) is 0 Å². The van der Waals surface area contributed by atoms with E-state index in [0.717, 1.165) is 19.3 Å². The number of carboxylic acids is 1. The molecular formula is C13H24N2O4. The molecule has 0 spiro atoms. The Morgan fingerprint density at radius 3 is 2.53 bits per heavy atom. The molecule has 1 rings (SSSR count). The molecule has 0 bridgehead atoms. The number of methoxy groups -OCH3 is 1. The van der Waals surface area contributed by atoms with Crippen molar-refractivity contribution in [1.82, 2.24) is 10.6 Å². The zero-order valence-electron chi connectivity index (χ0n) is 11.8. The summed E-state index contributed by atoms with van der Waals surface area (Å²) in [6.07, 6.45) is 3.19. The van der Waals surface area contributed by atoms with Gasteiger partial charge in [-0.25, -0.2) is 9.59 Å². The lowest BCUT2D eigenvalue weighted by molar-refractivity contribution is -0.139. The Morgan fingerprint density at radius 2 is 2.05 bits per heavy atom. The number of urea groups is 1. The quantitative estimate of drug-likeness (QED) is 0.681. The second-order valence-electron chi connectivity index (χ2n) is 5.51. The molecule has 0 saturated heterocycles. The third-order valence-electron chi connectivity index (χ3n) is 3.36. The van der Waals surface area contributed by atoms with Gasteiger partial charge in [0.25, 0.3) is 0 Å². The van der Waals surface area contributed by atoms with Gasteiger partial charge in [0.1, 0.15) is 6.04 Å². The van der Waals surface area contributed by atoms with Crippen LogP contribution in [0.1, 0.15) is 39.5 Å². The van der Waals surface area contributed by atoms with Gasteiger partial charge in [0.15, 0.2) is 0 Å². The van der Waals surface area contributed by atoms with E-state index in [1.165, 1.54) is 0 Å². The minimum atomic E-state index is -0.995. The number of carboxylic acid groups (broad SMARTS) is 1. The Morgan fingerprint density at radius 1 is 1.37 bits per heavy atom. The Bertz CT molecular complexity index is 320. The fraction of sp³-hybridized carbons (Fsp3) is 0.846. The number of amides is 2. The van der Waals surface area contributed by atoms with Gasteiger partial charge in [-0.1, -0.05) is 13.8 Å². The highest BCUT2D eigenvalue weighted by Crippen LogP contribution is 2.21. The predicted molar refractivity (Wildman–Crippen MR) is 71.0 cm³/mol.